The van der Waals surface area contributed by atoms with Gasteiger partial charge >= 0.3 is 0 Å². The van der Waals surface area contributed by atoms with Crippen LogP contribution < -0.4 is 0 Å². The summed E-state index contributed by atoms with van der Waals surface area (Å²) in [5.74, 6) is 1.34. The SMILES string of the molecule is CN(Cc1ccc(Br)cc1)CC(CS)c1ccccc1. The van der Waals surface area contributed by atoms with Gasteiger partial charge in [-0.2, -0.15) is 12.6 Å². The summed E-state index contributed by atoms with van der Waals surface area (Å²) >= 11 is 7.98. The van der Waals surface area contributed by atoms with E-state index in [1.165, 1.54) is 11.1 Å². The molecule has 0 aliphatic carbocycles. The molecule has 1 atom stereocenters. The van der Waals surface area contributed by atoms with E-state index in [0.29, 0.717) is 5.92 Å². The van der Waals surface area contributed by atoms with Gasteiger partial charge in [-0.25, -0.2) is 0 Å². The van der Waals surface area contributed by atoms with Crippen LogP contribution >= 0.6 is 28.6 Å². The predicted molar refractivity (Wildman–Crippen MR) is 93.5 cm³/mol. The minimum absolute atomic E-state index is 0.472. The number of benzene rings is 2. The molecule has 0 saturated carbocycles. The third-order valence-corrected chi connectivity index (χ3v) is 4.36. The Hall–Kier alpha value is -0.770. The van der Waals surface area contributed by atoms with Crippen LogP contribution in [0.3, 0.4) is 0 Å². The first-order chi connectivity index (χ1) is 9.69. The third kappa shape index (κ3) is 4.65. The molecule has 0 aliphatic rings. The molecule has 3 heteroatoms. The number of thiol groups is 1. The Labute approximate surface area is 135 Å². The molecule has 0 aliphatic heterocycles. The normalized spacial score (nSPS) is 12.6. The zero-order valence-electron chi connectivity index (χ0n) is 11.7. The Morgan fingerprint density at radius 3 is 2.30 bits per heavy atom. The fraction of sp³-hybridized carbons (Fsp3) is 0.294. The average molecular weight is 350 g/mol. The largest absolute Gasteiger partial charge is 0.301 e. The van der Waals surface area contributed by atoms with Gasteiger partial charge in [0.1, 0.15) is 0 Å². The van der Waals surface area contributed by atoms with E-state index in [2.05, 4.69) is 95.1 Å². The average Bonchev–Trinajstić information content (AvgIpc) is 2.48. The predicted octanol–water partition coefficient (Wildman–Crippen LogP) is 4.59. The van der Waals surface area contributed by atoms with Gasteiger partial charge in [0, 0.05) is 23.5 Å². The molecule has 0 amide bonds. The molecular weight excluding hydrogens is 330 g/mol. The summed E-state index contributed by atoms with van der Waals surface area (Å²) in [6.07, 6.45) is 0. The van der Waals surface area contributed by atoms with E-state index in [-0.39, 0.29) is 0 Å². The van der Waals surface area contributed by atoms with E-state index >= 15 is 0 Å². The standard InChI is InChI=1S/C17H20BrNS/c1-19(11-14-7-9-17(18)10-8-14)12-16(13-20)15-5-3-2-4-6-15/h2-10,16,20H,11-13H2,1H3. The zero-order valence-corrected chi connectivity index (χ0v) is 14.1. The Morgan fingerprint density at radius 1 is 1.05 bits per heavy atom. The van der Waals surface area contributed by atoms with Crippen LogP contribution in [0.5, 0.6) is 0 Å². The summed E-state index contributed by atoms with van der Waals surface area (Å²) in [5, 5.41) is 0. The number of likely N-dealkylation sites (N-methyl/N-ethyl adjacent to an activating group) is 1. The van der Waals surface area contributed by atoms with Crippen LogP contribution in [0.4, 0.5) is 0 Å². The van der Waals surface area contributed by atoms with Crippen LogP contribution in [-0.4, -0.2) is 24.2 Å². The number of halogens is 1. The lowest BCUT2D eigenvalue weighted by atomic mass is 10.0. The molecule has 0 bridgehead atoms. The maximum absolute atomic E-state index is 4.51. The summed E-state index contributed by atoms with van der Waals surface area (Å²) in [7, 11) is 2.17. The zero-order chi connectivity index (χ0) is 14.4. The van der Waals surface area contributed by atoms with E-state index in [0.717, 1.165) is 23.3 Å². The molecule has 1 unspecified atom stereocenters. The minimum Gasteiger partial charge on any atom is -0.301 e. The first kappa shape index (κ1) is 15.6. The van der Waals surface area contributed by atoms with Crippen LogP contribution in [0, 0.1) is 0 Å². The minimum atomic E-state index is 0.472. The second-order valence-electron chi connectivity index (χ2n) is 5.11. The topological polar surface area (TPSA) is 3.24 Å². The highest BCUT2D eigenvalue weighted by Crippen LogP contribution is 2.19. The molecule has 0 radical (unpaired) electrons. The van der Waals surface area contributed by atoms with Crippen molar-refractivity contribution >= 4 is 28.6 Å². The summed E-state index contributed by atoms with van der Waals surface area (Å²) in [4.78, 5) is 2.36. The quantitative estimate of drug-likeness (QED) is 0.746. The summed E-state index contributed by atoms with van der Waals surface area (Å²) in [5.41, 5.74) is 2.70. The van der Waals surface area contributed by atoms with Gasteiger partial charge in [-0.15, -0.1) is 0 Å². The number of rotatable bonds is 6. The summed E-state index contributed by atoms with van der Waals surface area (Å²) < 4.78 is 1.13. The van der Waals surface area contributed by atoms with Crippen molar-refractivity contribution in [2.75, 3.05) is 19.3 Å². The third-order valence-electron chi connectivity index (χ3n) is 3.39. The molecule has 0 spiro atoms. The molecule has 0 heterocycles. The van der Waals surface area contributed by atoms with E-state index in [1.807, 2.05) is 0 Å². The molecule has 106 valence electrons. The Balaban J connectivity index is 1.95. The molecule has 0 saturated heterocycles. The van der Waals surface area contributed by atoms with E-state index in [1.54, 1.807) is 0 Å². The lowest BCUT2D eigenvalue weighted by Crippen LogP contribution is -2.25. The van der Waals surface area contributed by atoms with Crippen LogP contribution in [0.25, 0.3) is 0 Å². The maximum Gasteiger partial charge on any atom is 0.0230 e. The fourth-order valence-electron chi connectivity index (χ4n) is 2.34. The second kappa shape index (κ2) is 7.87. The highest BCUT2D eigenvalue weighted by atomic mass is 79.9. The second-order valence-corrected chi connectivity index (χ2v) is 6.39. The van der Waals surface area contributed by atoms with Gasteiger partial charge in [0.25, 0.3) is 0 Å². The molecule has 0 N–H and O–H groups in total. The van der Waals surface area contributed by atoms with Crippen molar-refractivity contribution in [1.82, 2.24) is 4.90 Å². The molecular formula is C17H20BrNS. The highest BCUT2D eigenvalue weighted by Gasteiger charge is 2.12. The first-order valence-corrected chi connectivity index (χ1v) is 8.20. The van der Waals surface area contributed by atoms with Gasteiger partial charge in [0.05, 0.1) is 0 Å². The summed E-state index contributed by atoms with van der Waals surface area (Å²) in [6.45, 7) is 1.98. The number of hydrogen-bond donors (Lipinski definition) is 1. The molecule has 2 aromatic rings. The van der Waals surface area contributed by atoms with Crippen molar-refractivity contribution in [3.63, 3.8) is 0 Å². The van der Waals surface area contributed by atoms with Crippen molar-refractivity contribution in [1.29, 1.82) is 0 Å². The molecule has 1 nitrogen and oxygen atoms in total. The smallest absolute Gasteiger partial charge is 0.0230 e. The van der Waals surface area contributed by atoms with Gasteiger partial charge in [-0.05, 0) is 36.1 Å². The first-order valence-electron chi connectivity index (χ1n) is 6.78. The van der Waals surface area contributed by atoms with Crippen LogP contribution in [0.15, 0.2) is 59.1 Å². The van der Waals surface area contributed by atoms with Crippen molar-refractivity contribution in [3.05, 3.63) is 70.2 Å². The molecule has 2 rings (SSSR count). The molecule has 2 aromatic carbocycles. The monoisotopic (exact) mass is 349 g/mol. The van der Waals surface area contributed by atoms with Crippen molar-refractivity contribution in [2.24, 2.45) is 0 Å². The number of nitrogens with zero attached hydrogens (tertiary/aromatic N) is 1. The summed E-state index contributed by atoms with van der Waals surface area (Å²) in [6, 6.07) is 19.2. The van der Waals surface area contributed by atoms with Gasteiger partial charge in [-0.1, -0.05) is 58.4 Å². The van der Waals surface area contributed by atoms with Crippen LogP contribution in [0.2, 0.25) is 0 Å². The van der Waals surface area contributed by atoms with E-state index in [4.69, 9.17) is 0 Å². The maximum atomic E-state index is 4.51. The Kier molecular flexibility index (Phi) is 6.14. The fourth-order valence-corrected chi connectivity index (χ4v) is 2.93. The molecule has 20 heavy (non-hydrogen) atoms. The van der Waals surface area contributed by atoms with Crippen LogP contribution in [0.1, 0.15) is 17.0 Å². The van der Waals surface area contributed by atoms with E-state index < -0.39 is 0 Å². The molecule has 0 aromatic heterocycles. The van der Waals surface area contributed by atoms with E-state index in [9.17, 15) is 0 Å². The van der Waals surface area contributed by atoms with Crippen molar-refractivity contribution in [3.8, 4) is 0 Å². The van der Waals surface area contributed by atoms with Crippen molar-refractivity contribution < 1.29 is 0 Å². The van der Waals surface area contributed by atoms with Crippen molar-refractivity contribution in [2.45, 2.75) is 12.5 Å². The highest BCUT2D eigenvalue weighted by molar-refractivity contribution is 9.10. The number of hydrogen-bond acceptors (Lipinski definition) is 2. The van der Waals surface area contributed by atoms with Gasteiger partial charge in [0.15, 0.2) is 0 Å². The van der Waals surface area contributed by atoms with Crippen LogP contribution in [-0.2, 0) is 6.54 Å². The molecule has 0 fully saturated rings. The van der Waals surface area contributed by atoms with Gasteiger partial charge in [0.2, 0.25) is 0 Å². The van der Waals surface area contributed by atoms with Gasteiger partial charge in [-0.3, -0.25) is 0 Å². The van der Waals surface area contributed by atoms with Gasteiger partial charge < -0.3 is 4.90 Å². The lowest BCUT2D eigenvalue weighted by Gasteiger charge is -2.23. The Morgan fingerprint density at radius 2 is 1.70 bits per heavy atom. The Bertz CT molecular complexity index is 512. The lowest BCUT2D eigenvalue weighted by molar-refractivity contribution is 0.311.